The lowest BCUT2D eigenvalue weighted by atomic mass is 9.96. The second-order valence-corrected chi connectivity index (χ2v) is 4.83. The summed E-state index contributed by atoms with van der Waals surface area (Å²) in [6.07, 6.45) is 3.69. The van der Waals surface area contributed by atoms with Crippen LogP contribution in [-0.2, 0) is 11.2 Å². The molecule has 0 aliphatic carbocycles. The molecule has 0 spiro atoms. The summed E-state index contributed by atoms with van der Waals surface area (Å²) in [7, 11) is 3.21. The van der Waals surface area contributed by atoms with Crippen LogP contribution >= 0.6 is 0 Å². The number of methoxy groups -OCH3 is 2. The average molecular weight is 263 g/mol. The predicted molar refractivity (Wildman–Crippen MR) is 73.9 cm³/mol. The summed E-state index contributed by atoms with van der Waals surface area (Å²) in [6.45, 7) is 0.947. The van der Waals surface area contributed by atoms with Crippen LogP contribution in [0, 0.1) is 0 Å². The number of hydrogen-bond acceptors (Lipinski definition) is 4. The first-order valence-electron chi connectivity index (χ1n) is 6.71. The topological polar surface area (TPSA) is 47.6 Å². The highest BCUT2D eigenvalue weighted by atomic mass is 16.5. The molecule has 1 aliphatic rings. The Balaban J connectivity index is 2.03. The van der Waals surface area contributed by atoms with Crippen molar-refractivity contribution in [1.29, 1.82) is 0 Å². The second-order valence-electron chi connectivity index (χ2n) is 4.83. The number of carbonyl (C=O) groups is 1. The van der Waals surface area contributed by atoms with Gasteiger partial charge < -0.3 is 14.8 Å². The predicted octanol–water partition coefficient (Wildman–Crippen LogP) is 1.96. The highest BCUT2D eigenvalue weighted by molar-refractivity contribution is 5.86. The zero-order chi connectivity index (χ0) is 13.7. The molecule has 0 radical (unpaired) electrons. The standard InChI is InChI=1S/C15H21NO3/c1-18-14-7-6-11(10-15(14)19-2)9-13(17)12-5-3-4-8-16-12/h6-7,10,12,16H,3-5,8-9H2,1-2H3. The number of nitrogens with one attached hydrogen (secondary N) is 1. The zero-order valence-electron chi connectivity index (χ0n) is 11.6. The van der Waals surface area contributed by atoms with E-state index in [1.54, 1.807) is 14.2 Å². The number of carbonyl (C=O) groups excluding carboxylic acids is 1. The van der Waals surface area contributed by atoms with Crippen molar-refractivity contribution in [3.05, 3.63) is 23.8 Å². The molecule has 1 saturated heterocycles. The normalized spacial score (nSPS) is 18.9. The number of ketones is 1. The third-order valence-electron chi connectivity index (χ3n) is 3.53. The lowest BCUT2D eigenvalue weighted by molar-refractivity contribution is -0.120. The van der Waals surface area contributed by atoms with Gasteiger partial charge in [0.15, 0.2) is 17.3 Å². The molecule has 1 aliphatic heterocycles. The van der Waals surface area contributed by atoms with Gasteiger partial charge in [-0.2, -0.15) is 0 Å². The summed E-state index contributed by atoms with van der Waals surface area (Å²) >= 11 is 0. The molecule has 4 heteroatoms. The van der Waals surface area contributed by atoms with E-state index in [-0.39, 0.29) is 11.8 Å². The Morgan fingerprint density at radius 2 is 2.05 bits per heavy atom. The maximum absolute atomic E-state index is 12.2. The molecule has 0 amide bonds. The van der Waals surface area contributed by atoms with Crippen LogP contribution < -0.4 is 14.8 Å². The minimum absolute atomic E-state index is 0.0156. The first kappa shape index (κ1) is 13.9. The van der Waals surface area contributed by atoms with Crippen LogP contribution in [0.25, 0.3) is 0 Å². The van der Waals surface area contributed by atoms with Crippen molar-refractivity contribution < 1.29 is 14.3 Å². The van der Waals surface area contributed by atoms with Crippen LogP contribution in [-0.4, -0.2) is 32.6 Å². The summed E-state index contributed by atoms with van der Waals surface area (Å²) in [6, 6.07) is 5.65. The van der Waals surface area contributed by atoms with Crippen molar-refractivity contribution in [2.24, 2.45) is 0 Å². The fourth-order valence-electron chi connectivity index (χ4n) is 2.44. The van der Waals surface area contributed by atoms with Gasteiger partial charge in [-0.25, -0.2) is 0 Å². The highest BCUT2D eigenvalue weighted by Gasteiger charge is 2.20. The zero-order valence-corrected chi connectivity index (χ0v) is 11.6. The van der Waals surface area contributed by atoms with Gasteiger partial charge in [0.2, 0.25) is 0 Å². The van der Waals surface area contributed by atoms with Crippen molar-refractivity contribution in [3.8, 4) is 11.5 Å². The third kappa shape index (κ3) is 3.47. The minimum Gasteiger partial charge on any atom is -0.493 e. The summed E-state index contributed by atoms with van der Waals surface area (Å²) in [5.74, 6) is 1.62. The molecule has 104 valence electrons. The van der Waals surface area contributed by atoms with Gasteiger partial charge in [-0.3, -0.25) is 4.79 Å². The van der Waals surface area contributed by atoms with Gasteiger partial charge in [0.05, 0.1) is 20.3 Å². The van der Waals surface area contributed by atoms with E-state index in [1.807, 2.05) is 18.2 Å². The molecular formula is C15H21NO3. The Morgan fingerprint density at radius 3 is 2.68 bits per heavy atom. The Bertz CT molecular complexity index is 439. The molecule has 1 aromatic rings. The molecule has 0 saturated carbocycles. The molecule has 1 heterocycles. The van der Waals surface area contributed by atoms with Gasteiger partial charge in [0.1, 0.15) is 0 Å². The van der Waals surface area contributed by atoms with Crippen molar-refractivity contribution in [3.63, 3.8) is 0 Å². The Labute approximate surface area is 114 Å². The Morgan fingerprint density at radius 1 is 1.26 bits per heavy atom. The fourth-order valence-corrected chi connectivity index (χ4v) is 2.44. The van der Waals surface area contributed by atoms with Crippen LogP contribution in [0.3, 0.4) is 0 Å². The first-order chi connectivity index (χ1) is 9.24. The van der Waals surface area contributed by atoms with Crippen LogP contribution in [0.5, 0.6) is 11.5 Å². The van der Waals surface area contributed by atoms with Gasteiger partial charge in [-0.1, -0.05) is 12.5 Å². The SMILES string of the molecule is COc1ccc(CC(=O)C2CCCCN2)cc1OC. The number of piperidine rings is 1. The number of rotatable bonds is 5. The Kier molecular flexibility index (Phi) is 4.80. The van der Waals surface area contributed by atoms with Crippen molar-refractivity contribution in [2.45, 2.75) is 31.7 Å². The van der Waals surface area contributed by atoms with Gasteiger partial charge in [0.25, 0.3) is 0 Å². The fraction of sp³-hybridized carbons (Fsp3) is 0.533. The Hall–Kier alpha value is -1.55. The van der Waals surface area contributed by atoms with Crippen molar-refractivity contribution in [1.82, 2.24) is 5.32 Å². The maximum Gasteiger partial charge on any atom is 0.161 e. The molecule has 4 nitrogen and oxygen atoms in total. The molecule has 1 unspecified atom stereocenters. The quantitative estimate of drug-likeness (QED) is 0.882. The van der Waals surface area contributed by atoms with Gasteiger partial charge in [-0.15, -0.1) is 0 Å². The van der Waals surface area contributed by atoms with E-state index >= 15 is 0 Å². The van der Waals surface area contributed by atoms with E-state index in [0.29, 0.717) is 17.9 Å². The number of hydrogen-bond donors (Lipinski definition) is 1. The summed E-state index contributed by atoms with van der Waals surface area (Å²) < 4.78 is 10.4. The van der Waals surface area contributed by atoms with Crippen LogP contribution in [0.15, 0.2) is 18.2 Å². The monoisotopic (exact) mass is 263 g/mol. The van der Waals surface area contributed by atoms with E-state index < -0.39 is 0 Å². The van der Waals surface area contributed by atoms with Crippen molar-refractivity contribution >= 4 is 5.78 Å². The van der Waals surface area contributed by atoms with Crippen LogP contribution in [0.2, 0.25) is 0 Å². The maximum atomic E-state index is 12.2. The smallest absolute Gasteiger partial charge is 0.161 e. The van der Waals surface area contributed by atoms with Gasteiger partial charge >= 0.3 is 0 Å². The molecule has 1 fully saturated rings. The number of benzene rings is 1. The van der Waals surface area contributed by atoms with Gasteiger partial charge in [0, 0.05) is 6.42 Å². The molecule has 0 aromatic heterocycles. The summed E-state index contributed by atoms with van der Waals surface area (Å²) in [4.78, 5) is 12.2. The molecule has 19 heavy (non-hydrogen) atoms. The molecule has 2 rings (SSSR count). The summed E-state index contributed by atoms with van der Waals surface area (Å²) in [5.41, 5.74) is 0.968. The minimum atomic E-state index is 0.0156. The van der Waals surface area contributed by atoms with E-state index in [9.17, 15) is 4.79 Å². The van der Waals surface area contributed by atoms with Crippen molar-refractivity contribution in [2.75, 3.05) is 20.8 Å². The third-order valence-corrected chi connectivity index (χ3v) is 3.53. The molecule has 0 bridgehead atoms. The first-order valence-corrected chi connectivity index (χ1v) is 6.71. The second kappa shape index (κ2) is 6.57. The lowest BCUT2D eigenvalue weighted by Gasteiger charge is -2.22. The van der Waals surface area contributed by atoms with Crippen LogP contribution in [0.4, 0.5) is 0 Å². The highest BCUT2D eigenvalue weighted by Crippen LogP contribution is 2.28. The largest absolute Gasteiger partial charge is 0.493 e. The number of ether oxygens (including phenoxy) is 2. The van der Waals surface area contributed by atoms with E-state index in [0.717, 1.165) is 24.9 Å². The molecule has 1 atom stereocenters. The van der Waals surface area contributed by atoms with E-state index in [2.05, 4.69) is 5.32 Å². The number of Topliss-reactive ketones (excluding diaryl/α,β-unsaturated/α-hetero) is 1. The molecule has 1 N–H and O–H groups in total. The molecular weight excluding hydrogens is 242 g/mol. The van der Waals surface area contributed by atoms with E-state index in [1.165, 1.54) is 6.42 Å². The lowest BCUT2D eigenvalue weighted by Crippen LogP contribution is -2.41. The summed E-state index contributed by atoms with van der Waals surface area (Å²) in [5, 5.41) is 3.28. The van der Waals surface area contributed by atoms with Gasteiger partial charge in [-0.05, 0) is 37.1 Å². The average Bonchev–Trinajstić information content (AvgIpc) is 2.48. The molecule has 1 aromatic carbocycles. The van der Waals surface area contributed by atoms with Crippen LogP contribution in [0.1, 0.15) is 24.8 Å². The van der Waals surface area contributed by atoms with E-state index in [4.69, 9.17) is 9.47 Å².